The molecule has 3 aliphatic heterocycles. The van der Waals surface area contributed by atoms with Crippen LogP contribution in [-0.4, -0.2) is 151 Å². The summed E-state index contributed by atoms with van der Waals surface area (Å²) in [6.45, 7) is 13.6. The molecule has 324 valence electrons. The summed E-state index contributed by atoms with van der Waals surface area (Å²) >= 11 is 0. The highest BCUT2D eigenvalue weighted by Gasteiger charge is 2.53. The Morgan fingerprint density at radius 1 is 1.00 bits per heavy atom. The van der Waals surface area contributed by atoms with Crippen molar-refractivity contribution in [1.82, 2.24) is 4.90 Å². The van der Waals surface area contributed by atoms with Crippen molar-refractivity contribution in [3.8, 4) is 0 Å². The molecule has 0 radical (unpaired) electrons. The van der Waals surface area contributed by atoms with Crippen molar-refractivity contribution in [2.75, 3.05) is 21.2 Å². The van der Waals surface area contributed by atoms with E-state index in [1.54, 1.807) is 46.7 Å². The third kappa shape index (κ3) is 13.4. The monoisotopic (exact) mass is 803 g/mol. The van der Waals surface area contributed by atoms with Crippen LogP contribution in [0.1, 0.15) is 107 Å². The molecule has 3 heterocycles. The number of esters is 3. The lowest BCUT2D eigenvalue weighted by Gasteiger charge is -2.50. The average molecular weight is 804 g/mol. The van der Waals surface area contributed by atoms with Crippen LogP contribution < -0.4 is 0 Å². The molecule has 0 aromatic carbocycles. The Balaban J connectivity index is 1.95. The van der Waals surface area contributed by atoms with Gasteiger partial charge in [0, 0.05) is 33.3 Å². The molecule has 1 unspecified atom stereocenters. The number of hydrogen-bond acceptors (Lipinski definition) is 16. The summed E-state index contributed by atoms with van der Waals surface area (Å²) in [7, 11) is 4.88. The number of rotatable bonds is 12. The first-order valence-electron chi connectivity index (χ1n) is 20.1. The first-order valence-corrected chi connectivity index (χ1v) is 20.1. The lowest BCUT2D eigenvalue weighted by Crippen LogP contribution is -2.66. The highest BCUT2D eigenvalue weighted by atomic mass is 16.7. The first kappa shape index (κ1) is 48.1. The molecule has 0 bridgehead atoms. The zero-order chi connectivity index (χ0) is 42.1. The maximum atomic E-state index is 13.2. The van der Waals surface area contributed by atoms with Gasteiger partial charge in [-0.2, -0.15) is 0 Å². The van der Waals surface area contributed by atoms with E-state index >= 15 is 0 Å². The van der Waals surface area contributed by atoms with Crippen LogP contribution in [0.4, 0.5) is 0 Å². The normalized spacial score (nSPS) is 40.7. The van der Waals surface area contributed by atoms with Gasteiger partial charge in [-0.25, -0.2) is 0 Å². The van der Waals surface area contributed by atoms with Crippen LogP contribution in [0.25, 0.3) is 0 Å². The Morgan fingerprint density at radius 2 is 1.68 bits per heavy atom. The quantitative estimate of drug-likeness (QED) is 0.147. The molecule has 56 heavy (non-hydrogen) atoms. The average Bonchev–Trinajstić information content (AvgIpc) is 3.06. The van der Waals surface area contributed by atoms with Gasteiger partial charge < -0.3 is 62.9 Å². The van der Waals surface area contributed by atoms with Crippen LogP contribution >= 0.6 is 0 Å². The van der Waals surface area contributed by atoms with Gasteiger partial charge in [0.25, 0.3) is 0 Å². The number of ether oxygens (including phenoxy) is 8. The second-order valence-corrected chi connectivity index (χ2v) is 16.9. The fraction of sp³-hybridized carbons (Fsp3) is 0.900. The lowest BCUT2D eigenvalue weighted by atomic mass is 9.81. The Labute approximate surface area is 332 Å². The standard InChI is InChI=1S/C40H69NO15/c1-21(2)17-30(45)54-38-25(6)51-32(20-40(38,8)48)55-35-24(5)52-39(34(47)33(35)41(9)10)56-36-27(15-16-42)18-22(3)28(44)14-12-13-23(4)50-31(46)19-29(37(36)49-11)53-26(7)43/h16,21-25,27-29,32-39,44,47-48H,12-15,17-20H2,1-11H3/t22-,23-,24-,25+,27+,28-,29-,32+,33-,34-,35-,36?,37+,38+,39+,40-/m1/s1. The molecule has 3 rings (SSSR count). The minimum atomic E-state index is -1.49. The molecule has 3 saturated heterocycles. The maximum absolute atomic E-state index is 13.2. The molecule has 0 spiro atoms. The predicted molar refractivity (Wildman–Crippen MR) is 201 cm³/mol. The minimum Gasteiger partial charge on any atom is -0.463 e. The summed E-state index contributed by atoms with van der Waals surface area (Å²) in [5, 5.41) is 34.6. The number of aliphatic hydroxyl groups is 3. The number of methoxy groups -OCH3 is 1. The van der Waals surface area contributed by atoms with Crippen molar-refractivity contribution < 1.29 is 72.4 Å². The molecule has 3 N–H and O–H groups in total. The summed E-state index contributed by atoms with van der Waals surface area (Å²) in [4.78, 5) is 52.0. The van der Waals surface area contributed by atoms with Crippen molar-refractivity contribution in [2.24, 2.45) is 17.8 Å². The van der Waals surface area contributed by atoms with Gasteiger partial charge in [0.05, 0.1) is 43.0 Å². The Bertz CT molecular complexity index is 1260. The number of nitrogens with zero attached hydrogens (tertiary/aromatic N) is 1. The second-order valence-electron chi connectivity index (χ2n) is 16.9. The van der Waals surface area contributed by atoms with Gasteiger partial charge in [0.15, 0.2) is 18.7 Å². The van der Waals surface area contributed by atoms with Gasteiger partial charge in [-0.05, 0) is 85.2 Å². The molecule has 0 saturated carbocycles. The number of hydrogen-bond donors (Lipinski definition) is 3. The van der Waals surface area contributed by atoms with Gasteiger partial charge >= 0.3 is 17.9 Å². The molecular formula is C40H69NO15. The molecule has 0 aromatic heterocycles. The highest BCUT2D eigenvalue weighted by Crippen LogP contribution is 2.38. The molecule has 16 nitrogen and oxygen atoms in total. The van der Waals surface area contributed by atoms with Gasteiger partial charge in [0.1, 0.15) is 36.3 Å². The van der Waals surface area contributed by atoms with Gasteiger partial charge in [-0.15, -0.1) is 0 Å². The number of cyclic esters (lactones) is 1. The molecular weight excluding hydrogens is 734 g/mol. The Hall–Kier alpha value is -2.28. The van der Waals surface area contributed by atoms with Gasteiger partial charge in [0.2, 0.25) is 0 Å². The summed E-state index contributed by atoms with van der Waals surface area (Å²) in [6, 6.07) is -0.764. The first-order chi connectivity index (χ1) is 26.2. The zero-order valence-electron chi connectivity index (χ0n) is 35.2. The Morgan fingerprint density at radius 3 is 2.25 bits per heavy atom. The molecule has 0 aromatic rings. The highest BCUT2D eigenvalue weighted by molar-refractivity contribution is 5.72. The van der Waals surface area contributed by atoms with Crippen LogP contribution in [0.5, 0.6) is 0 Å². The van der Waals surface area contributed by atoms with Crippen molar-refractivity contribution >= 4 is 24.2 Å². The number of carbonyl (C=O) groups is 4. The van der Waals surface area contributed by atoms with Gasteiger partial charge in [-0.3, -0.25) is 14.4 Å². The van der Waals surface area contributed by atoms with Crippen LogP contribution in [0, 0.1) is 17.8 Å². The smallest absolute Gasteiger partial charge is 0.309 e. The van der Waals surface area contributed by atoms with E-state index in [9.17, 15) is 34.5 Å². The van der Waals surface area contributed by atoms with Crippen LogP contribution in [-0.2, 0) is 57.1 Å². The summed E-state index contributed by atoms with van der Waals surface area (Å²) in [6.07, 6.45) is -9.17. The van der Waals surface area contributed by atoms with Gasteiger partial charge in [-0.1, -0.05) is 20.8 Å². The molecule has 3 fully saturated rings. The van der Waals surface area contributed by atoms with E-state index in [-0.39, 0.29) is 37.5 Å². The number of aldehydes is 1. The van der Waals surface area contributed by atoms with Crippen molar-refractivity contribution in [3.63, 3.8) is 0 Å². The van der Waals surface area contributed by atoms with Crippen molar-refractivity contribution in [2.45, 2.75) is 192 Å². The molecule has 0 aliphatic carbocycles. The van der Waals surface area contributed by atoms with E-state index in [0.717, 1.165) is 6.29 Å². The minimum absolute atomic E-state index is 0.0376. The molecule has 0 amide bonds. The Kier molecular flexibility index (Phi) is 18.6. The summed E-state index contributed by atoms with van der Waals surface area (Å²) in [5.41, 5.74) is -1.49. The van der Waals surface area contributed by atoms with Crippen molar-refractivity contribution in [1.29, 1.82) is 0 Å². The van der Waals surface area contributed by atoms with E-state index < -0.39 is 109 Å². The number of aliphatic hydroxyl groups excluding tert-OH is 2. The number of likely N-dealkylation sites (N-methyl/N-ethyl adjacent to an activating group) is 1. The zero-order valence-corrected chi connectivity index (χ0v) is 35.2. The van der Waals surface area contributed by atoms with Crippen LogP contribution in [0.15, 0.2) is 0 Å². The lowest BCUT2D eigenvalue weighted by molar-refractivity contribution is -0.344. The van der Waals surface area contributed by atoms with E-state index in [1.807, 2.05) is 20.8 Å². The molecule has 16 atom stereocenters. The van der Waals surface area contributed by atoms with Crippen LogP contribution in [0.3, 0.4) is 0 Å². The maximum Gasteiger partial charge on any atom is 0.309 e. The second kappa shape index (κ2) is 21.6. The third-order valence-electron chi connectivity index (χ3n) is 11.1. The number of carbonyl (C=O) groups excluding carboxylic acids is 4. The van der Waals surface area contributed by atoms with E-state index in [2.05, 4.69) is 0 Å². The molecule has 3 aliphatic rings. The third-order valence-corrected chi connectivity index (χ3v) is 11.1. The summed E-state index contributed by atoms with van der Waals surface area (Å²) in [5.74, 6) is -2.60. The van der Waals surface area contributed by atoms with Crippen LogP contribution in [0.2, 0.25) is 0 Å². The summed E-state index contributed by atoms with van der Waals surface area (Å²) < 4.78 is 48.5. The largest absolute Gasteiger partial charge is 0.463 e. The fourth-order valence-corrected chi connectivity index (χ4v) is 8.29. The van der Waals surface area contributed by atoms with E-state index in [1.165, 1.54) is 14.0 Å². The fourth-order valence-electron chi connectivity index (χ4n) is 8.29. The van der Waals surface area contributed by atoms with E-state index in [4.69, 9.17) is 37.9 Å². The SMILES string of the molecule is CO[C@@H]1C(O[C@@H]2O[C@H](C)[C@@H](O[C@H]3C[C@@](C)(O)[C@@H](OC(=O)CC(C)C)[C@H](C)O3)[C@H](N(C)C)[C@H]2O)[C@@H](CC=O)C[C@@H](C)[C@H](O)CCC[C@@H](C)OC(=O)C[C@H]1OC(C)=O. The topological polar surface area (TPSA) is 206 Å². The predicted octanol–water partition coefficient (Wildman–Crippen LogP) is 2.68. The van der Waals surface area contributed by atoms with Crippen molar-refractivity contribution in [3.05, 3.63) is 0 Å². The molecule has 16 heteroatoms. The van der Waals surface area contributed by atoms with E-state index in [0.29, 0.717) is 25.7 Å².